The first-order chi connectivity index (χ1) is 9.00. The van der Waals surface area contributed by atoms with Crippen LogP contribution >= 0.6 is 15.9 Å². The van der Waals surface area contributed by atoms with Crippen LogP contribution in [0.5, 0.6) is 0 Å². The van der Waals surface area contributed by atoms with Crippen molar-refractivity contribution in [3.8, 4) is 0 Å². The molecular weight excluding hydrogens is 318 g/mol. The normalized spacial score (nSPS) is 17.6. The summed E-state index contributed by atoms with van der Waals surface area (Å²) in [5.41, 5.74) is -0.131. The highest BCUT2D eigenvalue weighted by molar-refractivity contribution is 9.10. The number of hydrogen-bond donors (Lipinski definition) is 1. The molecule has 0 aliphatic heterocycles. The summed E-state index contributed by atoms with van der Waals surface area (Å²) in [6.45, 7) is 0. The molecule has 1 atom stereocenters. The van der Waals surface area contributed by atoms with Crippen LogP contribution in [-0.4, -0.2) is 11.1 Å². The van der Waals surface area contributed by atoms with Crippen LogP contribution in [0.3, 0.4) is 0 Å². The molecule has 1 unspecified atom stereocenters. The molecule has 0 heterocycles. The molecule has 5 heteroatoms. The fourth-order valence-corrected chi connectivity index (χ4v) is 3.16. The number of aliphatic carboxylic acids is 1. The largest absolute Gasteiger partial charge is 0.481 e. The van der Waals surface area contributed by atoms with Crippen molar-refractivity contribution < 1.29 is 18.7 Å². The van der Waals surface area contributed by atoms with Crippen LogP contribution in [0.4, 0.5) is 8.78 Å². The Balaban J connectivity index is 2.26. The molecule has 1 fully saturated rings. The topological polar surface area (TPSA) is 37.3 Å². The molecule has 1 N–H and O–H groups in total. The number of carboxylic acid groups (broad SMARTS) is 1. The molecule has 0 aromatic heterocycles. The minimum Gasteiger partial charge on any atom is -0.481 e. The number of carbonyl (C=O) groups is 1. The number of carboxylic acids is 1. The fraction of sp³-hybridized carbons (Fsp3) is 0.500. The summed E-state index contributed by atoms with van der Waals surface area (Å²) in [6, 6.07) is 2.45. The second-order valence-electron chi connectivity index (χ2n) is 5.02. The highest BCUT2D eigenvalue weighted by Crippen LogP contribution is 2.35. The van der Waals surface area contributed by atoms with Crippen molar-refractivity contribution in [2.24, 2.45) is 11.8 Å². The summed E-state index contributed by atoms with van der Waals surface area (Å²) >= 11 is 3.00. The van der Waals surface area contributed by atoms with Gasteiger partial charge in [-0.1, -0.05) is 12.8 Å². The molecule has 0 spiro atoms. The molecule has 1 aromatic carbocycles. The summed E-state index contributed by atoms with van der Waals surface area (Å²) in [5, 5.41) is 9.29. The molecule has 1 aliphatic rings. The van der Waals surface area contributed by atoms with E-state index in [9.17, 15) is 18.7 Å². The van der Waals surface area contributed by atoms with Crippen molar-refractivity contribution >= 4 is 21.9 Å². The number of hydrogen-bond acceptors (Lipinski definition) is 1. The van der Waals surface area contributed by atoms with Crippen molar-refractivity contribution in [3.05, 3.63) is 33.8 Å². The summed E-state index contributed by atoms with van der Waals surface area (Å²) < 4.78 is 27.7. The first kappa shape index (κ1) is 14.4. The smallest absolute Gasteiger partial charge is 0.307 e. The molecule has 0 saturated heterocycles. The van der Waals surface area contributed by atoms with Gasteiger partial charge in [0.2, 0.25) is 0 Å². The molecular formula is C14H15BrF2O2. The lowest BCUT2D eigenvalue weighted by molar-refractivity contribution is -0.143. The molecule has 104 valence electrons. The van der Waals surface area contributed by atoms with Gasteiger partial charge >= 0.3 is 5.97 Å². The van der Waals surface area contributed by atoms with Crippen molar-refractivity contribution in [3.63, 3.8) is 0 Å². The SMILES string of the molecule is O=C(O)C(Cc1c(F)ccc(Br)c1F)C1CCCC1. The van der Waals surface area contributed by atoms with Gasteiger partial charge in [0, 0.05) is 5.56 Å². The maximum Gasteiger partial charge on any atom is 0.307 e. The van der Waals surface area contributed by atoms with Gasteiger partial charge in [0.05, 0.1) is 10.4 Å². The number of halogens is 3. The van der Waals surface area contributed by atoms with Gasteiger partial charge in [-0.3, -0.25) is 4.79 Å². The van der Waals surface area contributed by atoms with Crippen molar-refractivity contribution in [2.75, 3.05) is 0 Å². The molecule has 0 bridgehead atoms. The minimum absolute atomic E-state index is 0.0234. The number of rotatable bonds is 4. The molecule has 19 heavy (non-hydrogen) atoms. The third-order valence-corrected chi connectivity index (χ3v) is 4.46. The van der Waals surface area contributed by atoms with Crippen LogP contribution in [-0.2, 0) is 11.2 Å². The van der Waals surface area contributed by atoms with Gasteiger partial charge in [0.25, 0.3) is 0 Å². The van der Waals surface area contributed by atoms with Crippen LogP contribution in [0.2, 0.25) is 0 Å². The van der Waals surface area contributed by atoms with E-state index in [2.05, 4.69) is 15.9 Å². The van der Waals surface area contributed by atoms with E-state index in [0.29, 0.717) is 0 Å². The van der Waals surface area contributed by atoms with E-state index in [-0.39, 0.29) is 22.4 Å². The van der Waals surface area contributed by atoms with E-state index in [1.54, 1.807) is 0 Å². The molecule has 2 rings (SSSR count). The van der Waals surface area contributed by atoms with Crippen LogP contribution in [0.15, 0.2) is 16.6 Å². The Morgan fingerprint density at radius 1 is 1.37 bits per heavy atom. The van der Waals surface area contributed by atoms with E-state index >= 15 is 0 Å². The Morgan fingerprint density at radius 3 is 2.58 bits per heavy atom. The quantitative estimate of drug-likeness (QED) is 0.840. The molecule has 0 radical (unpaired) electrons. The first-order valence-corrected chi connectivity index (χ1v) is 7.15. The average molecular weight is 333 g/mol. The monoisotopic (exact) mass is 332 g/mol. The minimum atomic E-state index is -0.967. The highest BCUT2D eigenvalue weighted by atomic mass is 79.9. The lowest BCUT2D eigenvalue weighted by Crippen LogP contribution is -2.25. The highest BCUT2D eigenvalue weighted by Gasteiger charge is 2.32. The van der Waals surface area contributed by atoms with Crippen molar-refractivity contribution in [1.29, 1.82) is 0 Å². The van der Waals surface area contributed by atoms with E-state index in [1.165, 1.54) is 6.07 Å². The standard InChI is InChI=1S/C14H15BrF2O2/c15-11-5-6-12(16)10(13(11)17)7-9(14(18)19)8-3-1-2-4-8/h5-6,8-9H,1-4,7H2,(H,18,19). The third kappa shape index (κ3) is 3.14. The summed E-state index contributed by atoms with van der Waals surface area (Å²) in [6.07, 6.45) is 3.56. The fourth-order valence-electron chi connectivity index (χ4n) is 2.79. The zero-order chi connectivity index (χ0) is 14.0. The van der Waals surface area contributed by atoms with Gasteiger partial charge in [0.1, 0.15) is 11.6 Å². The molecule has 1 aliphatic carbocycles. The predicted octanol–water partition coefficient (Wildman–Crippen LogP) is 4.16. The van der Waals surface area contributed by atoms with Crippen molar-refractivity contribution in [2.45, 2.75) is 32.1 Å². The van der Waals surface area contributed by atoms with Gasteiger partial charge in [-0.05, 0) is 53.2 Å². The molecule has 1 aromatic rings. The molecule has 0 amide bonds. The van der Waals surface area contributed by atoms with E-state index in [4.69, 9.17) is 0 Å². The summed E-state index contributed by atoms with van der Waals surface area (Å²) in [5.74, 6) is -3.02. The predicted molar refractivity (Wildman–Crippen MR) is 70.8 cm³/mol. The van der Waals surface area contributed by atoms with Gasteiger partial charge in [-0.2, -0.15) is 0 Å². The Kier molecular flexibility index (Phi) is 4.55. The maximum atomic E-state index is 13.9. The van der Waals surface area contributed by atoms with Crippen LogP contribution in [0.25, 0.3) is 0 Å². The Bertz CT molecular complexity index is 485. The van der Waals surface area contributed by atoms with Crippen LogP contribution in [0.1, 0.15) is 31.2 Å². The van der Waals surface area contributed by atoms with Crippen molar-refractivity contribution in [1.82, 2.24) is 0 Å². The van der Waals surface area contributed by atoms with Gasteiger partial charge in [-0.15, -0.1) is 0 Å². The summed E-state index contributed by atoms with van der Waals surface area (Å²) in [7, 11) is 0. The number of benzene rings is 1. The molecule has 2 nitrogen and oxygen atoms in total. The Morgan fingerprint density at radius 2 is 2.00 bits per heavy atom. The third-order valence-electron chi connectivity index (χ3n) is 3.85. The van der Waals surface area contributed by atoms with Gasteiger partial charge in [0.15, 0.2) is 0 Å². The van der Waals surface area contributed by atoms with E-state index < -0.39 is 23.5 Å². The first-order valence-electron chi connectivity index (χ1n) is 6.36. The van der Waals surface area contributed by atoms with E-state index in [1.807, 2.05) is 0 Å². The lowest BCUT2D eigenvalue weighted by atomic mass is 9.85. The molecule has 1 saturated carbocycles. The van der Waals surface area contributed by atoms with Gasteiger partial charge in [-0.25, -0.2) is 8.78 Å². The van der Waals surface area contributed by atoms with Crippen LogP contribution in [0, 0.1) is 23.5 Å². The van der Waals surface area contributed by atoms with E-state index in [0.717, 1.165) is 31.7 Å². The maximum absolute atomic E-state index is 13.9. The van der Waals surface area contributed by atoms with Crippen LogP contribution < -0.4 is 0 Å². The average Bonchev–Trinajstić information content (AvgIpc) is 2.87. The second kappa shape index (κ2) is 5.99. The van der Waals surface area contributed by atoms with Gasteiger partial charge < -0.3 is 5.11 Å². The lowest BCUT2D eigenvalue weighted by Gasteiger charge is -2.20. The second-order valence-corrected chi connectivity index (χ2v) is 5.87. The summed E-state index contributed by atoms with van der Waals surface area (Å²) in [4.78, 5) is 11.3. The zero-order valence-corrected chi connectivity index (χ0v) is 11.9. The Labute approximate surface area is 118 Å². The Hall–Kier alpha value is -0.970. The zero-order valence-electron chi connectivity index (χ0n) is 10.3.